The van der Waals surface area contributed by atoms with Gasteiger partial charge in [0.05, 0.1) is 12.4 Å². The summed E-state index contributed by atoms with van der Waals surface area (Å²) in [5, 5.41) is 0. The van der Waals surface area contributed by atoms with Gasteiger partial charge in [-0.15, -0.1) is 0 Å². The Kier molecular flexibility index (Phi) is 4.41. The van der Waals surface area contributed by atoms with E-state index in [0.717, 1.165) is 17.7 Å². The van der Waals surface area contributed by atoms with Gasteiger partial charge in [-0.1, -0.05) is 12.1 Å². The highest BCUT2D eigenvalue weighted by Crippen LogP contribution is 2.22. The topological polar surface area (TPSA) is 55.0 Å². The van der Waals surface area contributed by atoms with Crippen LogP contribution in [-0.2, 0) is 0 Å². The van der Waals surface area contributed by atoms with Crippen LogP contribution in [0.4, 0.5) is 16.0 Å². The minimum absolute atomic E-state index is 0.438. The molecule has 1 heterocycles. The molecule has 0 bridgehead atoms. The molecule has 2 rings (SSSR count). The Hall–Kier alpha value is -2.01. The maximum Gasteiger partial charge on any atom is 0.230 e. The van der Waals surface area contributed by atoms with Crippen LogP contribution < -0.4 is 10.6 Å². The number of nitrogens with zero attached hydrogens (tertiary/aromatic N) is 3. The zero-order chi connectivity index (χ0) is 13.7. The molecule has 0 saturated carbocycles. The van der Waals surface area contributed by atoms with Gasteiger partial charge >= 0.3 is 0 Å². The molecule has 0 aliphatic carbocycles. The molecule has 2 aromatic rings. The largest absolute Gasteiger partial charge is 0.330 e. The van der Waals surface area contributed by atoms with Gasteiger partial charge in [0.2, 0.25) is 5.95 Å². The highest BCUT2D eigenvalue weighted by Gasteiger charge is 2.11. The third-order valence-corrected chi connectivity index (χ3v) is 2.75. The standard InChI is InChI=1S/C14H17FN4/c1-11-4-2-5-13(8-11)19(7-3-6-16)14-17-9-12(15)10-18-14/h2,4-5,8-10H,3,6-7,16H2,1H3. The molecule has 0 amide bonds. The first-order valence-electron chi connectivity index (χ1n) is 6.22. The Labute approximate surface area is 112 Å². The van der Waals surface area contributed by atoms with E-state index >= 15 is 0 Å². The first kappa shape index (κ1) is 13.4. The average molecular weight is 260 g/mol. The summed E-state index contributed by atoms with van der Waals surface area (Å²) in [6, 6.07) is 8.03. The second kappa shape index (κ2) is 6.24. The van der Waals surface area contributed by atoms with Crippen LogP contribution in [0.5, 0.6) is 0 Å². The van der Waals surface area contributed by atoms with Crippen molar-refractivity contribution >= 4 is 11.6 Å². The lowest BCUT2D eigenvalue weighted by Crippen LogP contribution is -2.23. The molecule has 19 heavy (non-hydrogen) atoms. The first-order chi connectivity index (χ1) is 9.20. The van der Waals surface area contributed by atoms with Crippen LogP contribution in [0.1, 0.15) is 12.0 Å². The number of aromatic nitrogens is 2. The van der Waals surface area contributed by atoms with Gasteiger partial charge in [0.15, 0.2) is 5.82 Å². The number of halogens is 1. The lowest BCUT2D eigenvalue weighted by molar-refractivity contribution is 0.612. The van der Waals surface area contributed by atoms with Gasteiger partial charge in [0, 0.05) is 12.2 Å². The Morgan fingerprint density at radius 3 is 2.63 bits per heavy atom. The van der Waals surface area contributed by atoms with E-state index < -0.39 is 5.82 Å². The maximum absolute atomic E-state index is 12.9. The highest BCUT2D eigenvalue weighted by molar-refractivity contribution is 5.57. The van der Waals surface area contributed by atoms with Crippen molar-refractivity contribution in [3.63, 3.8) is 0 Å². The summed E-state index contributed by atoms with van der Waals surface area (Å²) >= 11 is 0. The smallest absolute Gasteiger partial charge is 0.230 e. The molecule has 0 unspecified atom stereocenters. The summed E-state index contributed by atoms with van der Waals surface area (Å²) in [7, 11) is 0. The molecule has 0 radical (unpaired) electrons. The van der Waals surface area contributed by atoms with E-state index in [-0.39, 0.29) is 0 Å². The molecular weight excluding hydrogens is 243 g/mol. The Morgan fingerprint density at radius 2 is 2.00 bits per heavy atom. The van der Waals surface area contributed by atoms with E-state index in [0.29, 0.717) is 19.0 Å². The molecule has 4 nitrogen and oxygen atoms in total. The minimum atomic E-state index is -0.438. The SMILES string of the molecule is Cc1cccc(N(CCCN)c2ncc(F)cn2)c1. The van der Waals surface area contributed by atoms with Gasteiger partial charge in [-0.2, -0.15) is 0 Å². The number of benzene rings is 1. The summed E-state index contributed by atoms with van der Waals surface area (Å²) in [6.45, 7) is 3.31. The summed E-state index contributed by atoms with van der Waals surface area (Å²) in [5.74, 6) is 0.0483. The molecule has 0 fully saturated rings. The van der Waals surface area contributed by atoms with E-state index in [2.05, 4.69) is 9.97 Å². The van der Waals surface area contributed by atoms with Crippen LogP contribution in [0.25, 0.3) is 0 Å². The second-order valence-electron chi connectivity index (χ2n) is 4.33. The summed E-state index contributed by atoms with van der Waals surface area (Å²) in [4.78, 5) is 10.0. The van der Waals surface area contributed by atoms with Crippen molar-refractivity contribution in [2.75, 3.05) is 18.0 Å². The minimum Gasteiger partial charge on any atom is -0.330 e. The molecular formula is C14H17FN4. The molecule has 5 heteroatoms. The first-order valence-corrected chi connectivity index (χ1v) is 6.22. The number of anilines is 2. The van der Waals surface area contributed by atoms with Crippen molar-refractivity contribution in [3.05, 3.63) is 48.0 Å². The van der Waals surface area contributed by atoms with Gasteiger partial charge in [-0.3, -0.25) is 0 Å². The van der Waals surface area contributed by atoms with Crippen LogP contribution in [0.15, 0.2) is 36.7 Å². The fraction of sp³-hybridized carbons (Fsp3) is 0.286. The van der Waals surface area contributed by atoms with Crippen molar-refractivity contribution in [2.24, 2.45) is 5.73 Å². The van der Waals surface area contributed by atoms with E-state index in [1.165, 1.54) is 12.4 Å². The Bertz CT molecular complexity index is 527. The van der Waals surface area contributed by atoms with Gasteiger partial charge in [0.1, 0.15) is 0 Å². The molecule has 0 atom stereocenters. The van der Waals surface area contributed by atoms with Crippen LogP contribution >= 0.6 is 0 Å². The van der Waals surface area contributed by atoms with Crippen LogP contribution in [0.2, 0.25) is 0 Å². The van der Waals surface area contributed by atoms with Crippen molar-refractivity contribution in [1.82, 2.24) is 9.97 Å². The Morgan fingerprint density at radius 1 is 1.26 bits per heavy atom. The van der Waals surface area contributed by atoms with Gasteiger partial charge in [-0.25, -0.2) is 14.4 Å². The monoisotopic (exact) mass is 260 g/mol. The second-order valence-corrected chi connectivity index (χ2v) is 4.33. The molecule has 0 saturated heterocycles. The third-order valence-electron chi connectivity index (χ3n) is 2.75. The predicted octanol–water partition coefficient (Wildman–Crippen LogP) is 2.41. The van der Waals surface area contributed by atoms with E-state index in [1.54, 1.807) is 0 Å². The zero-order valence-corrected chi connectivity index (χ0v) is 10.9. The number of rotatable bonds is 5. The van der Waals surface area contributed by atoms with E-state index in [9.17, 15) is 4.39 Å². The molecule has 0 spiro atoms. The molecule has 100 valence electrons. The van der Waals surface area contributed by atoms with Crippen molar-refractivity contribution in [3.8, 4) is 0 Å². The highest BCUT2D eigenvalue weighted by atomic mass is 19.1. The van der Waals surface area contributed by atoms with Crippen molar-refractivity contribution in [1.29, 1.82) is 0 Å². The summed E-state index contributed by atoms with van der Waals surface area (Å²) < 4.78 is 12.9. The molecule has 1 aromatic carbocycles. The number of nitrogens with two attached hydrogens (primary N) is 1. The Balaban J connectivity index is 2.32. The normalized spacial score (nSPS) is 10.5. The fourth-order valence-corrected chi connectivity index (χ4v) is 1.83. The van der Waals surface area contributed by atoms with Crippen LogP contribution in [0, 0.1) is 12.7 Å². The quantitative estimate of drug-likeness (QED) is 0.897. The fourth-order valence-electron chi connectivity index (χ4n) is 1.83. The molecule has 1 aromatic heterocycles. The lowest BCUT2D eigenvalue weighted by atomic mass is 10.2. The van der Waals surface area contributed by atoms with Crippen molar-refractivity contribution in [2.45, 2.75) is 13.3 Å². The molecule has 0 aliphatic heterocycles. The number of hydrogen-bond donors (Lipinski definition) is 1. The molecule has 0 aliphatic rings. The predicted molar refractivity (Wildman–Crippen MR) is 73.8 cm³/mol. The van der Waals surface area contributed by atoms with Crippen LogP contribution in [0.3, 0.4) is 0 Å². The van der Waals surface area contributed by atoms with Gasteiger partial charge in [0.25, 0.3) is 0 Å². The zero-order valence-electron chi connectivity index (χ0n) is 10.9. The number of hydrogen-bond acceptors (Lipinski definition) is 4. The van der Waals surface area contributed by atoms with Crippen molar-refractivity contribution < 1.29 is 4.39 Å². The maximum atomic E-state index is 12.9. The van der Waals surface area contributed by atoms with E-state index in [4.69, 9.17) is 5.73 Å². The summed E-state index contributed by atoms with van der Waals surface area (Å²) in [6.07, 6.45) is 3.16. The third kappa shape index (κ3) is 3.48. The molecule has 2 N–H and O–H groups in total. The summed E-state index contributed by atoms with van der Waals surface area (Å²) in [5.41, 5.74) is 7.70. The average Bonchev–Trinajstić information content (AvgIpc) is 2.41. The lowest BCUT2D eigenvalue weighted by Gasteiger charge is -2.22. The van der Waals surface area contributed by atoms with Gasteiger partial charge < -0.3 is 10.6 Å². The van der Waals surface area contributed by atoms with Gasteiger partial charge in [-0.05, 0) is 37.6 Å². The number of aryl methyl sites for hydroxylation is 1. The van der Waals surface area contributed by atoms with E-state index in [1.807, 2.05) is 36.1 Å². The van der Waals surface area contributed by atoms with Crippen LogP contribution in [-0.4, -0.2) is 23.1 Å².